The fraction of sp³-hybridized carbons (Fsp3) is 0.909. The molecule has 5 nitrogen and oxygen atoms in total. The average Bonchev–Trinajstić information content (AvgIpc) is 2.28. The molecule has 18 heavy (non-hydrogen) atoms. The van der Waals surface area contributed by atoms with E-state index in [-0.39, 0.29) is 24.4 Å². The molecule has 0 aromatic carbocycles. The van der Waals surface area contributed by atoms with Gasteiger partial charge >= 0.3 is 0 Å². The van der Waals surface area contributed by atoms with Gasteiger partial charge in [-0.25, -0.2) is 12.7 Å². The number of rotatable bonds is 6. The quantitative estimate of drug-likeness (QED) is 0.732. The van der Waals surface area contributed by atoms with Gasteiger partial charge in [0, 0.05) is 19.0 Å². The minimum atomic E-state index is -3.20. The molecule has 0 aromatic rings. The predicted molar refractivity (Wildman–Crippen MR) is 76.0 cm³/mol. The van der Waals surface area contributed by atoms with Crippen LogP contribution in [-0.2, 0) is 14.8 Å². The Morgan fingerprint density at radius 2 is 2.00 bits per heavy atom. The monoisotopic (exact) mass is 294 g/mol. The van der Waals surface area contributed by atoms with Crippen molar-refractivity contribution in [1.82, 2.24) is 4.31 Å². The van der Waals surface area contributed by atoms with Crippen molar-refractivity contribution in [3.8, 4) is 0 Å². The molecule has 0 saturated carbocycles. The first-order chi connectivity index (χ1) is 8.33. The van der Waals surface area contributed by atoms with E-state index in [0.717, 1.165) is 12.8 Å². The molecular weight excluding hydrogens is 272 g/mol. The van der Waals surface area contributed by atoms with Gasteiger partial charge in [0.2, 0.25) is 10.0 Å². The molecular formula is C11H22N2O3S2. The summed E-state index contributed by atoms with van der Waals surface area (Å²) in [5, 5.41) is 0. The van der Waals surface area contributed by atoms with Crippen molar-refractivity contribution < 1.29 is 13.2 Å². The molecule has 1 saturated heterocycles. The summed E-state index contributed by atoms with van der Waals surface area (Å²) in [6.07, 6.45) is 1.50. The van der Waals surface area contributed by atoms with Gasteiger partial charge in [-0.05, 0) is 26.7 Å². The topological polar surface area (TPSA) is 72.6 Å². The van der Waals surface area contributed by atoms with Crippen molar-refractivity contribution >= 4 is 27.2 Å². The van der Waals surface area contributed by atoms with Gasteiger partial charge in [-0.15, -0.1) is 0 Å². The van der Waals surface area contributed by atoms with Crippen LogP contribution in [0.2, 0.25) is 0 Å². The van der Waals surface area contributed by atoms with Gasteiger partial charge in [0.05, 0.1) is 23.5 Å². The van der Waals surface area contributed by atoms with E-state index in [9.17, 15) is 8.42 Å². The van der Waals surface area contributed by atoms with Gasteiger partial charge in [0.25, 0.3) is 0 Å². The fourth-order valence-electron chi connectivity index (χ4n) is 1.94. The number of hydrogen-bond acceptors (Lipinski definition) is 4. The number of sulfonamides is 1. The standard InChI is InChI=1S/C11H22N2O3S2/c1-9(2)16-7-8-18(14,15)13-5-3-10(4-6-13)11(12)17/h9-10H,3-8H2,1-2H3,(H2,12,17). The van der Waals surface area contributed by atoms with Crippen LogP contribution in [0.15, 0.2) is 0 Å². The molecule has 0 radical (unpaired) electrons. The smallest absolute Gasteiger partial charge is 0.216 e. The fourth-order valence-corrected chi connectivity index (χ4v) is 3.50. The van der Waals surface area contributed by atoms with Crippen LogP contribution in [0.25, 0.3) is 0 Å². The highest BCUT2D eigenvalue weighted by atomic mass is 32.2. The largest absolute Gasteiger partial charge is 0.393 e. The van der Waals surface area contributed by atoms with Crippen LogP contribution in [0.1, 0.15) is 26.7 Å². The minimum Gasteiger partial charge on any atom is -0.393 e. The second kappa shape index (κ2) is 6.79. The van der Waals surface area contributed by atoms with E-state index in [2.05, 4.69) is 0 Å². The summed E-state index contributed by atoms with van der Waals surface area (Å²) < 4.78 is 30.9. The second-order valence-electron chi connectivity index (χ2n) is 4.81. The molecule has 0 aliphatic carbocycles. The van der Waals surface area contributed by atoms with Gasteiger partial charge in [-0.1, -0.05) is 12.2 Å². The van der Waals surface area contributed by atoms with E-state index in [1.54, 1.807) is 0 Å². The highest BCUT2D eigenvalue weighted by molar-refractivity contribution is 7.89. The van der Waals surface area contributed by atoms with Crippen molar-refractivity contribution in [3.05, 3.63) is 0 Å². The lowest BCUT2D eigenvalue weighted by atomic mass is 9.98. The molecule has 1 rings (SSSR count). The van der Waals surface area contributed by atoms with E-state index in [4.69, 9.17) is 22.7 Å². The number of piperidine rings is 1. The van der Waals surface area contributed by atoms with Gasteiger partial charge < -0.3 is 10.5 Å². The van der Waals surface area contributed by atoms with Crippen LogP contribution in [0.5, 0.6) is 0 Å². The molecule has 0 aromatic heterocycles. The van der Waals surface area contributed by atoms with E-state index in [1.807, 2.05) is 13.8 Å². The molecule has 7 heteroatoms. The maximum Gasteiger partial charge on any atom is 0.216 e. The number of nitrogens with zero attached hydrogens (tertiary/aromatic N) is 1. The van der Waals surface area contributed by atoms with Gasteiger partial charge in [-0.3, -0.25) is 0 Å². The van der Waals surface area contributed by atoms with Crippen LogP contribution in [-0.4, -0.2) is 49.3 Å². The van der Waals surface area contributed by atoms with E-state index < -0.39 is 10.0 Å². The zero-order chi connectivity index (χ0) is 13.8. The number of nitrogens with two attached hydrogens (primary N) is 1. The summed E-state index contributed by atoms with van der Waals surface area (Å²) in [5.74, 6) is 0.224. The second-order valence-corrected chi connectivity index (χ2v) is 7.37. The first-order valence-electron chi connectivity index (χ1n) is 6.21. The molecule has 0 amide bonds. The Hall–Kier alpha value is -0.240. The van der Waals surface area contributed by atoms with E-state index >= 15 is 0 Å². The number of thiocarbonyl (C=S) groups is 1. The van der Waals surface area contributed by atoms with Crippen molar-refractivity contribution in [2.75, 3.05) is 25.4 Å². The van der Waals surface area contributed by atoms with E-state index in [0.29, 0.717) is 18.1 Å². The van der Waals surface area contributed by atoms with Crippen molar-refractivity contribution in [1.29, 1.82) is 0 Å². The molecule has 0 atom stereocenters. The number of hydrogen-bond donors (Lipinski definition) is 1. The van der Waals surface area contributed by atoms with Crippen molar-refractivity contribution in [2.45, 2.75) is 32.8 Å². The predicted octanol–water partition coefficient (Wildman–Crippen LogP) is 0.739. The SMILES string of the molecule is CC(C)OCCS(=O)(=O)N1CCC(C(N)=S)CC1. The van der Waals surface area contributed by atoms with Crippen LogP contribution >= 0.6 is 12.2 Å². The molecule has 1 heterocycles. The molecule has 1 aliphatic rings. The molecule has 0 unspecified atom stereocenters. The minimum absolute atomic E-state index is 0.0446. The van der Waals surface area contributed by atoms with Crippen LogP contribution in [0, 0.1) is 5.92 Å². The maximum atomic E-state index is 12.0. The highest BCUT2D eigenvalue weighted by Gasteiger charge is 2.28. The molecule has 0 bridgehead atoms. The summed E-state index contributed by atoms with van der Waals surface area (Å²) in [7, 11) is -3.20. The summed E-state index contributed by atoms with van der Waals surface area (Å²) in [6, 6.07) is 0. The summed E-state index contributed by atoms with van der Waals surface area (Å²) >= 11 is 4.94. The molecule has 1 aliphatic heterocycles. The summed E-state index contributed by atoms with van der Waals surface area (Å²) in [6.45, 7) is 5.04. The Morgan fingerprint density at radius 1 is 1.44 bits per heavy atom. The Labute approximate surface area is 115 Å². The Morgan fingerprint density at radius 3 is 2.44 bits per heavy atom. The normalized spacial score (nSPS) is 19.3. The Bertz CT molecular complexity index is 374. The van der Waals surface area contributed by atoms with Crippen LogP contribution < -0.4 is 5.73 Å². The third-order valence-corrected chi connectivity index (χ3v) is 5.21. The van der Waals surface area contributed by atoms with Gasteiger partial charge in [-0.2, -0.15) is 0 Å². The third kappa shape index (κ3) is 4.79. The van der Waals surface area contributed by atoms with E-state index in [1.165, 1.54) is 4.31 Å². The lowest BCUT2D eigenvalue weighted by molar-refractivity contribution is 0.0905. The van der Waals surface area contributed by atoms with Crippen molar-refractivity contribution in [2.24, 2.45) is 11.7 Å². The van der Waals surface area contributed by atoms with Crippen LogP contribution in [0.4, 0.5) is 0 Å². The summed E-state index contributed by atoms with van der Waals surface area (Å²) in [5.41, 5.74) is 5.58. The molecule has 0 spiro atoms. The van der Waals surface area contributed by atoms with Crippen molar-refractivity contribution in [3.63, 3.8) is 0 Å². The first kappa shape index (κ1) is 15.8. The molecule has 2 N–H and O–H groups in total. The maximum absolute atomic E-state index is 12.0. The lowest BCUT2D eigenvalue weighted by Gasteiger charge is -2.30. The first-order valence-corrected chi connectivity index (χ1v) is 8.23. The average molecular weight is 294 g/mol. The Kier molecular flexibility index (Phi) is 5.97. The van der Waals surface area contributed by atoms with Gasteiger partial charge in [0.15, 0.2) is 0 Å². The summed E-state index contributed by atoms with van der Waals surface area (Å²) in [4.78, 5) is 0.496. The van der Waals surface area contributed by atoms with Gasteiger partial charge in [0.1, 0.15) is 0 Å². The highest BCUT2D eigenvalue weighted by Crippen LogP contribution is 2.20. The zero-order valence-electron chi connectivity index (χ0n) is 11.0. The number of ether oxygens (including phenoxy) is 1. The third-order valence-electron chi connectivity index (χ3n) is 3.04. The lowest BCUT2D eigenvalue weighted by Crippen LogP contribution is -2.42. The zero-order valence-corrected chi connectivity index (χ0v) is 12.6. The Balaban J connectivity index is 2.43. The molecule has 1 fully saturated rings. The molecule has 106 valence electrons. The van der Waals surface area contributed by atoms with Crippen LogP contribution in [0.3, 0.4) is 0 Å².